The van der Waals surface area contributed by atoms with Crippen molar-refractivity contribution in [2.24, 2.45) is 0 Å². The van der Waals surface area contributed by atoms with Gasteiger partial charge in [0.2, 0.25) is 0 Å². The number of pyridine rings is 1. The lowest BCUT2D eigenvalue weighted by atomic mass is 10.0. The van der Waals surface area contributed by atoms with Gasteiger partial charge in [-0.2, -0.15) is 5.26 Å². The summed E-state index contributed by atoms with van der Waals surface area (Å²) in [6, 6.07) is 15.6. The molecule has 3 rings (SSSR count). The molecule has 0 aliphatic carbocycles. The molecule has 0 atom stereocenters. The maximum atomic E-state index is 12.2. The van der Waals surface area contributed by atoms with Gasteiger partial charge in [0, 0.05) is 11.3 Å². The molecular formula is C23H20ClN3O4. The number of carbonyl (C=O) groups is 1. The quantitative estimate of drug-likeness (QED) is 0.573. The van der Waals surface area contributed by atoms with E-state index in [0.29, 0.717) is 45.6 Å². The second-order valence-corrected chi connectivity index (χ2v) is 7.00. The average Bonchev–Trinajstić information content (AvgIpc) is 2.74. The third-order valence-corrected chi connectivity index (χ3v) is 4.67. The molecule has 0 radical (unpaired) electrons. The molecule has 8 heteroatoms. The highest BCUT2D eigenvalue weighted by Crippen LogP contribution is 2.34. The number of nitrogens with zero attached hydrogens (tertiary/aromatic N) is 1. The number of anilines is 1. The summed E-state index contributed by atoms with van der Waals surface area (Å²) in [5.41, 5.74) is 1.81. The second kappa shape index (κ2) is 9.83. The number of halogens is 1. The first-order chi connectivity index (χ1) is 14.9. The summed E-state index contributed by atoms with van der Waals surface area (Å²) >= 11 is 6.05. The molecule has 2 N–H and O–H groups in total. The van der Waals surface area contributed by atoms with Crippen molar-refractivity contribution >= 4 is 23.2 Å². The predicted octanol–water partition coefficient (Wildman–Crippen LogP) is 4.29. The van der Waals surface area contributed by atoms with E-state index in [1.807, 2.05) is 13.0 Å². The largest absolute Gasteiger partial charge is 0.490 e. The van der Waals surface area contributed by atoms with Crippen LogP contribution in [0.5, 0.6) is 11.5 Å². The molecule has 1 heterocycles. The monoisotopic (exact) mass is 437 g/mol. The van der Waals surface area contributed by atoms with Crippen LogP contribution in [0.4, 0.5) is 5.69 Å². The van der Waals surface area contributed by atoms with Crippen molar-refractivity contribution < 1.29 is 14.3 Å². The van der Waals surface area contributed by atoms with Crippen LogP contribution < -0.4 is 20.3 Å². The van der Waals surface area contributed by atoms with Gasteiger partial charge in [-0.1, -0.05) is 29.8 Å². The number of benzene rings is 2. The van der Waals surface area contributed by atoms with E-state index in [1.54, 1.807) is 55.5 Å². The van der Waals surface area contributed by atoms with Crippen molar-refractivity contribution in [3.05, 3.63) is 75.2 Å². The molecule has 0 aliphatic rings. The molecule has 31 heavy (non-hydrogen) atoms. The predicted molar refractivity (Wildman–Crippen MR) is 119 cm³/mol. The van der Waals surface area contributed by atoms with Crippen molar-refractivity contribution in [3.63, 3.8) is 0 Å². The molecule has 0 aliphatic heterocycles. The molecule has 2 aromatic carbocycles. The molecular weight excluding hydrogens is 418 g/mol. The highest BCUT2D eigenvalue weighted by Gasteiger charge is 2.15. The Kier molecular flexibility index (Phi) is 6.96. The van der Waals surface area contributed by atoms with Gasteiger partial charge < -0.3 is 19.8 Å². The number of amides is 1. The number of aryl methyl sites for hydroxylation is 1. The summed E-state index contributed by atoms with van der Waals surface area (Å²) in [5.74, 6) is 0.379. The number of nitriles is 1. The third kappa shape index (κ3) is 5.24. The van der Waals surface area contributed by atoms with Crippen LogP contribution in [0, 0.1) is 18.3 Å². The summed E-state index contributed by atoms with van der Waals surface area (Å²) in [5, 5.41) is 12.5. The van der Waals surface area contributed by atoms with Gasteiger partial charge >= 0.3 is 0 Å². The standard InChI is InChI=1S/C23H20ClN3O4/c1-3-30-21-11-15(16-10-14(2)26-23(29)17(16)12-25)8-9-20(21)31-13-22(28)27-19-7-5-4-6-18(19)24/h4-11H,3,13H2,1-2H3,(H,26,29)(H,27,28). The van der Waals surface area contributed by atoms with Crippen LogP contribution in [0.2, 0.25) is 5.02 Å². The zero-order valence-electron chi connectivity index (χ0n) is 17.0. The van der Waals surface area contributed by atoms with E-state index >= 15 is 0 Å². The van der Waals surface area contributed by atoms with E-state index in [2.05, 4.69) is 10.3 Å². The number of carbonyl (C=O) groups excluding carboxylic acids is 1. The van der Waals surface area contributed by atoms with Gasteiger partial charge in [-0.05, 0) is 49.7 Å². The van der Waals surface area contributed by atoms with Crippen molar-refractivity contribution in [2.75, 3.05) is 18.5 Å². The Bertz CT molecular complexity index is 1210. The lowest BCUT2D eigenvalue weighted by Gasteiger charge is -2.14. The maximum Gasteiger partial charge on any atom is 0.266 e. The smallest absolute Gasteiger partial charge is 0.266 e. The Morgan fingerprint density at radius 1 is 1.16 bits per heavy atom. The Hall–Kier alpha value is -3.76. The maximum absolute atomic E-state index is 12.2. The molecule has 1 aromatic heterocycles. The highest BCUT2D eigenvalue weighted by atomic mass is 35.5. The van der Waals surface area contributed by atoms with Crippen molar-refractivity contribution in [3.8, 4) is 28.7 Å². The number of aromatic nitrogens is 1. The zero-order chi connectivity index (χ0) is 22.4. The summed E-state index contributed by atoms with van der Waals surface area (Å²) in [4.78, 5) is 27.0. The first kappa shape index (κ1) is 21.9. The number of nitrogens with one attached hydrogen (secondary N) is 2. The van der Waals surface area contributed by atoms with Gasteiger partial charge in [-0.25, -0.2) is 0 Å². The van der Waals surface area contributed by atoms with Gasteiger partial charge in [0.05, 0.1) is 17.3 Å². The molecule has 0 unspecified atom stereocenters. The lowest BCUT2D eigenvalue weighted by Crippen LogP contribution is -2.20. The normalized spacial score (nSPS) is 10.3. The molecule has 1 amide bonds. The van der Waals surface area contributed by atoms with Gasteiger partial charge in [0.25, 0.3) is 11.5 Å². The summed E-state index contributed by atoms with van der Waals surface area (Å²) in [6.45, 7) is 3.67. The van der Waals surface area contributed by atoms with Crippen LogP contribution in [0.25, 0.3) is 11.1 Å². The average molecular weight is 438 g/mol. The van der Waals surface area contributed by atoms with Crippen LogP contribution >= 0.6 is 11.6 Å². The highest BCUT2D eigenvalue weighted by molar-refractivity contribution is 6.33. The van der Waals surface area contributed by atoms with E-state index in [0.717, 1.165) is 0 Å². The molecule has 158 valence electrons. The molecule has 3 aromatic rings. The van der Waals surface area contributed by atoms with Gasteiger partial charge in [-0.15, -0.1) is 0 Å². The number of hydrogen-bond donors (Lipinski definition) is 2. The van der Waals surface area contributed by atoms with Crippen LogP contribution in [-0.2, 0) is 4.79 Å². The number of hydrogen-bond acceptors (Lipinski definition) is 5. The SMILES string of the molecule is CCOc1cc(-c2cc(C)[nH]c(=O)c2C#N)ccc1OCC(=O)Nc1ccccc1Cl. The molecule has 0 saturated heterocycles. The molecule has 7 nitrogen and oxygen atoms in total. The van der Waals surface area contributed by atoms with E-state index in [9.17, 15) is 14.9 Å². The van der Waals surface area contributed by atoms with E-state index in [4.69, 9.17) is 21.1 Å². The van der Waals surface area contributed by atoms with Crippen molar-refractivity contribution in [1.82, 2.24) is 4.98 Å². The minimum absolute atomic E-state index is 0.0147. The van der Waals surface area contributed by atoms with Crippen LogP contribution in [0.1, 0.15) is 18.2 Å². The first-order valence-corrected chi connectivity index (χ1v) is 9.89. The minimum atomic E-state index is -0.452. The van der Waals surface area contributed by atoms with E-state index < -0.39 is 5.56 Å². The Balaban J connectivity index is 1.83. The van der Waals surface area contributed by atoms with Gasteiger partial charge in [0.1, 0.15) is 11.6 Å². The van der Waals surface area contributed by atoms with E-state index in [-0.39, 0.29) is 18.1 Å². The lowest BCUT2D eigenvalue weighted by molar-refractivity contribution is -0.118. The number of H-pyrrole nitrogens is 1. The zero-order valence-corrected chi connectivity index (χ0v) is 17.7. The molecule has 0 fully saturated rings. The fourth-order valence-electron chi connectivity index (χ4n) is 2.98. The number of para-hydroxylation sites is 1. The van der Waals surface area contributed by atoms with Crippen LogP contribution in [0.3, 0.4) is 0 Å². The summed E-state index contributed by atoms with van der Waals surface area (Å²) in [6.07, 6.45) is 0. The van der Waals surface area contributed by atoms with Gasteiger partial charge in [0.15, 0.2) is 18.1 Å². The Morgan fingerprint density at radius 3 is 2.65 bits per heavy atom. The number of ether oxygens (including phenoxy) is 2. The fraction of sp³-hybridized carbons (Fsp3) is 0.174. The van der Waals surface area contributed by atoms with Crippen molar-refractivity contribution in [2.45, 2.75) is 13.8 Å². The summed E-state index contributed by atoms with van der Waals surface area (Å²) < 4.78 is 11.3. The van der Waals surface area contributed by atoms with Gasteiger partial charge in [-0.3, -0.25) is 9.59 Å². The number of rotatable bonds is 7. The first-order valence-electron chi connectivity index (χ1n) is 9.51. The Morgan fingerprint density at radius 2 is 1.94 bits per heavy atom. The Labute approximate surface area is 184 Å². The minimum Gasteiger partial charge on any atom is -0.490 e. The fourth-order valence-corrected chi connectivity index (χ4v) is 3.17. The second-order valence-electron chi connectivity index (χ2n) is 6.59. The van der Waals surface area contributed by atoms with E-state index in [1.165, 1.54) is 0 Å². The molecule has 0 saturated carbocycles. The molecule has 0 bridgehead atoms. The topological polar surface area (TPSA) is 104 Å². The van der Waals surface area contributed by atoms with Crippen molar-refractivity contribution in [1.29, 1.82) is 5.26 Å². The summed E-state index contributed by atoms with van der Waals surface area (Å²) in [7, 11) is 0. The third-order valence-electron chi connectivity index (χ3n) is 4.34. The molecule has 0 spiro atoms. The number of aromatic amines is 1. The van der Waals surface area contributed by atoms with Crippen LogP contribution in [-0.4, -0.2) is 24.1 Å². The van der Waals surface area contributed by atoms with Crippen LogP contribution in [0.15, 0.2) is 53.3 Å².